The van der Waals surface area contributed by atoms with E-state index in [2.05, 4.69) is 0 Å². The third kappa shape index (κ3) is 1.52. The van der Waals surface area contributed by atoms with Crippen LogP contribution in [-0.4, -0.2) is 33.0 Å². The molecule has 0 radical (unpaired) electrons. The Morgan fingerprint density at radius 2 is 1.00 bits per heavy atom. The van der Waals surface area contributed by atoms with E-state index >= 15 is 0 Å². The van der Waals surface area contributed by atoms with Crippen LogP contribution in [0.15, 0.2) is 0 Å². The Kier molecular flexibility index (Phi) is 2.63. The molecular weight excluding hydrogens is 232 g/mol. The van der Waals surface area contributed by atoms with Crippen molar-refractivity contribution in [1.29, 1.82) is 0 Å². The van der Waals surface area contributed by atoms with Crippen molar-refractivity contribution >= 4 is 0 Å². The number of rotatable bonds is 0. The van der Waals surface area contributed by atoms with E-state index in [4.69, 9.17) is 9.47 Å². The van der Waals surface area contributed by atoms with Crippen molar-refractivity contribution in [2.75, 3.05) is 0 Å². The van der Waals surface area contributed by atoms with Crippen LogP contribution in [0.5, 0.6) is 0 Å². The van der Waals surface area contributed by atoms with Crippen LogP contribution in [0.25, 0.3) is 0 Å². The first-order valence-electron chi connectivity index (χ1n) is 7.18. The number of hydrogen-bond acceptors (Lipinski definition) is 4. The minimum absolute atomic E-state index is 0.592. The Labute approximate surface area is 108 Å². The summed E-state index contributed by atoms with van der Waals surface area (Å²) in [6.45, 7) is 3.75. The van der Waals surface area contributed by atoms with Crippen molar-refractivity contribution in [3.05, 3.63) is 0 Å². The molecular formula is C14H24O4. The van der Waals surface area contributed by atoms with E-state index < -0.39 is 22.8 Å². The number of hydrogen-bond donors (Lipinski definition) is 2. The summed E-state index contributed by atoms with van der Waals surface area (Å²) in [5.41, 5.74) is -1.56. The summed E-state index contributed by atoms with van der Waals surface area (Å²) in [4.78, 5) is 0. The Morgan fingerprint density at radius 1 is 0.667 bits per heavy atom. The molecule has 1 heterocycles. The van der Waals surface area contributed by atoms with Crippen LogP contribution < -0.4 is 0 Å². The number of aliphatic hydroxyl groups is 2. The van der Waals surface area contributed by atoms with Gasteiger partial charge in [-0.2, -0.15) is 0 Å². The lowest BCUT2D eigenvalue weighted by molar-refractivity contribution is -0.494. The van der Waals surface area contributed by atoms with E-state index in [0.29, 0.717) is 12.8 Å². The Balaban J connectivity index is 1.98. The smallest absolute Gasteiger partial charge is 0.195 e. The lowest BCUT2D eigenvalue weighted by Crippen LogP contribution is -2.75. The Hall–Kier alpha value is -0.160. The first kappa shape index (κ1) is 12.9. The van der Waals surface area contributed by atoms with Crippen LogP contribution in [0.3, 0.4) is 0 Å². The second-order valence-electron chi connectivity index (χ2n) is 6.65. The monoisotopic (exact) mass is 256 g/mol. The SMILES string of the molecule is CC12CCCCC1(O)OC1(C)CCCCC1(O)O2. The predicted octanol–water partition coefficient (Wildman–Crippen LogP) is 2.08. The van der Waals surface area contributed by atoms with Gasteiger partial charge in [0.15, 0.2) is 11.6 Å². The first-order valence-corrected chi connectivity index (χ1v) is 7.18. The highest BCUT2D eigenvalue weighted by molar-refractivity contribution is 5.08. The van der Waals surface area contributed by atoms with Gasteiger partial charge in [0.1, 0.15) is 11.2 Å². The fourth-order valence-corrected chi connectivity index (χ4v) is 3.90. The Morgan fingerprint density at radius 3 is 1.39 bits per heavy atom. The molecule has 0 aromatic rings. The molecule has 1 saturated heterocycles. The van der Waals surface area contributed by atoms with Gasteiger partial charge in [0.2, 0.25) is 0 Å². The average Bonchev–Trinajstić information content (AvgIpc) is 2.27. The maximum atomic E-state index is 10.8. The van der Waals surface area contributed by atoms with Gasteiger partial charge in [-0.25, -0.2) is 0 Å². The van der Waals surface area contributed by atoms with E-state index in [1.807, 2.05) is 13.8 Å². The molecule has 0 spiro atoms. The molecule has 4 unspecified atom stereocenters. The third-order valence-corrected chi connectivity index (χ3v) is 5.28. The van der Waals surface area contributed by atoms with Crippen LogP contribution >= 0.6 is 0 Å². The third-order valence-electron chi connectivity index (χ3n) is 5.28. The fourth-order valence-electron chi connectivity index (χ4n) is 3.90. The van der Waals surface area contributed by atoms with Crippen LogP contribution in [0.4, 0.5) is 0 Å². The van der Waals surface area contributed by atoms with Gasteiger partial charge in [-0.1, -0.05) is 12.8 Å². The summed E-state index contributed by atoms with van der Waals surface area (Å²) in [5, 5.41) is 21.6. The maximum absolute atomic E-state index is 10.8. The zero-order valence-corrected chi connectivity index (χ0v) is 11.4. The topological polar surface area (TPSA) is 58.9 Å². The molecule has 3 aliphatic rings. The van der Waals surface area contributed by atoms with Crippen LogP contribution in [0, 0.1) is 0 Å². The van der Waals surface area contributed by atoms with E-state index in [1.165, 1.54) is 0 Å². The maximum Gasteiger partial charge on any atom is 0.195 e. The molecule has 3 fully saturated rings. The fraction of sp³-hybridized carbons (Fsp3) is 1.00. The molecule has 4 heteroatoms. The van der Waals surface area contributed by atoms with Crippen molar-refractivity contribution in [1.82, 2.24) is 0 Å². The summed E-state index contributed by atoms with van der Waals surface area (Å²) < 4.78 is 12.1. The highest BCUT2D eigenvalue weighted by atomic mass is 16.8. The molecule has 18 heavy (non-hydrogen) atoms. The summed E-state index contributed by atoms with van der Waals surface area (Å²) in [6.07, 6.45) is 6.58. The minimum atomic E-state index is -1.25. The summed E-state index contributed by atoms with van der Waals surface area (Å²) in [6, 6.07) is 0. The molecule has 0 aromatic carbocycles. The second kappa shape index (κ2) is 3.69. The molecule has 3 rings (SSSR count). The van der Waals surface area contributed by atoms with Gasteiger partial charge in [0.25, 0.3) is 0 Å². The van der Waals surface area contributed by atoms with E-state index in [9.17, 15) is 10.2 Å². The largest absolute Gasteiger partial charge is 0.363 e. The average molecular weight is 256 g/mol. The van der Waals surface area contributed by atoms with Gasteiger partial charge in [-0.3, -0.25) is 0 Å². The van der Waals surface area contributed by atoms with Crippen molar-refractivity contribution in [2.45, 2.75) is 88.0 Å². The highest BCUT2D eigenvalue weighted by Crippen LogP contribution is 2.55. The number of ether oxygens (including phenoxy) is 2. The van der Waals surface area contributed by atoms with E-state index in [-0.39, 0.29) is 0 Å². The molecule has 4 nitrogen and oxygen atoms in total. The van der Waals surface area contributed by atoms with Gasteiger partial charge in [0.05, 0.1) is 0 Å². The molecule has 0 amide bonds. The van der Waals surface area contributed by atoms with Crippen molar-refractivity contribution in [2.24, 2.45) is 0 Å². The summed E-state index contributed by atoms with van der Waals surface area (Å²) in [7, 11) is 0. The Bertz CT molecular complexity index is 294. The van der Waals surface area contributed by atoms with Crippen molar-refractivity contribution in [3.63, 3.8) is 0 Å². The molecule has 2 N–H and O–H groups in total. The van der Waals surface area contributed by atoms with Gasteiger partial charge >= 0.3 is 0 Å². The van der Waals surface area contributed by atoms with Gasteiger partial charge < -0.3 is 19.7 Å². The molecule has 0 aromatic heterocycles. The quantitative estimate of drug-likeness (QED) is 0.696. The zero-order chi connectivity index (χ0) is 13.1. The highest BCUT2D eigenvalue weighted by Gasteiger charge is 2.67. The van der Waals surface area contributed by atoms with Gasteiger partial charge in [-0.05, 0) is 39.5 Å². The van der Waals surface area contributed by atoms with Gasteiger partial charge in [0, 0.05) is 12.8 Å². The van der Waals surface area contributed by atoms with Gasteiger partial charge in [-0.15, -0.1) is 0 Å². The van der Waals surface area contributed by atoms with E-state index in [1.54, 1.807) is 0 Å². The second-order valence-corrected chi connectivity index (χ2v) is 6.65. The summed E-state index contributed by atoms with van der Waals surface area (Å²) in [5.74, 6) is -2.49. The molecule has 104 valence electrons. The standard InChI is InChI=1S/C14H24O4/c1-11-7-3-5-9-13(11,15)18-12(2)8-4-6-10-14(12,16)17-11/h15-16H,3-10H2,1-2H3. The summed E-state index contributed by atoms with van der Waals surface area (Å²) >= 11 is 0. The first-order chi connectivity index (χ1) is 8.33. The molecule has 0 bridgehead atoms. The van der Waals surface area contributed by atoms with Crippen LogP contribution in [0.1, 0.15) is 65.2 Å². The van der Waals surface area contributed by atoms with Crippen molar-refractivity contribution in [3.8, 4) is 0 Å². The molecule has 1 aliphatic heterocycles. The molecule has 2 saturated carbocycles. The molecule has 2 aliphatic carbocycles. The minimum Gasteiger partial charge on any atom is -0.363 e. The van der Waals surface area contributed by atoms with Crippen molar-refractivity contribution < 1.29 is 19.7 Å². The van der Waals surface area contributed by atoms with E-state index in [0.717, 1.165) is 38.5 Å². The van der Waals surface area contributed by atoms with Crippen LogP contribution in [0.2, 0.25) is 0 Å². The molecule has 4 atom stereocenters. The lowest BCUT2D eigenvalue weighted by Gasteiger charge is -2.63. The normalized spacial score (nSPS) is 56.7. The zero-order valence-electron chi connectivity index (χ0n) is 11.4. The number of fused-ring (bicyclic) bond motifs is 2. The predicted molar refractivity (Wildman–Crippen MR) is 65.8 cm³/mol. The van der Waals surface area contributed by atoms with Crippen LogP contribution in [-0.2, 0) is 9.47 Å². The lowest BCUT2D eigenvalue weighted by atomic mass is 9.73.